The molecule has 146 valence electrons. The quantitative estimate of drug-likeness (QED) is 0.492. The predicted octanol–water partition coefficient (Wildman–Crippen LogP) is 1.91. The Labute approximate surface area is 157 Å². The van der Waals surface area contributed by atoms with Gasteiger partial charge in [0.2, 0.25) is 0 Å². The molecule has 1 rings (SSSR count). The Morgan fingerprint density at radius 3 is 2.38 bits per heavy atom. The highest BCUT2D eigenvalue weighted by Gasteiger charge is 2.12. The van der Waals surface area contributed by atoms with Crippen LogP contribution in [-0.2, 0) is 4.74 Å². The molecule has 0 aliphatic rings. The summed E-state index contributed by atoms with van der Waals surface area (Å²) < 4.78 is 10.6. The minimum Gasteiger partial charge on any atom is -0.497 e. The Morgan fingerprint density at radius 1 is 1.19 bits per heavy atom. The number of methoxy groups -OCH3 is 1. The van der Waals surface area contributed by atoms with Crippen LogP contribution in [0.5, 0.6) is 5.75 Å². The van der Waals surface area contributed by atoms with Crippen LogP contribution in [0.3, 0.4) is 0 Å². The van der Waals surface area contributed by atoms with E-state index in [0.717, 1.165) is 32.5 Å². The first-order valence-corrected chi connectivity index (χ1v) is 9.53. The van der Waals surface area contributed by atoms with E-state index >= 15 is 0 Å². The third-order valence-corrected chi connectivity index (χ3v) is 4.34. The zero-order valence-corrected chi connectivity index (χ0v) is 16.8. The van der Waals surface area contributed by atoms with Gasteiger partial charge in [0.25, 0.3) is 11.9 Å². The molecular formula is C20H34N3O3+. The van der Waals surface area contributed by atoms with Gasteiger partial charge in [0.15, 0.2) is 0 Å². The van der Waals surface area contributed by atoms with E-state index in [1.807, 2.05) is 6.92 Å². The lowest BCUT2D eigenvalue weighted by atomic mass is 10.2. The van der Waals surface area contributed by atoms with Crippen LogP contribution in [0.25, 0.3) is 0 Å². The zero-order valence-electron chi connectivity index (χ0n) is 16.8. The third-order valence-electron chi connectivity index (χ3n) is 4.34. The maximum Gasteiger partial charge on any atom is 0.291 e. The Kier molecular flexibility index (Phi) is 10.4. The first-order chi connectivity index (χ1) is 12.5. The Hall–Kier alpha value is -2.08. The normalized spacial score (nSPS) is 12.8. The molecule has 6 heteroatoms. The second-order valence-electron chi connectivity index (χ2n) is 6.25. The molecule has 0 aliphatic carbocycles. The lowest BCUT2D eigenvalue weighted by Gasteiger charge is -2.16. The van der Waals surface area contributed by atoms with Crippen LogP contribution in [0.15, 0.2) is 29.3 Å². The van der Waals surface area contributed by atoms with Gasteiger partial charge in [-0.15, -0.1) is 0 Å². The summed E-state index contributed by atoms with van der Waals surface area (Å²) in [6.45, 7) is 12.3. The molecule has 0 saturated carbocycles. The summed E-state index contributed by atoms with van der Waals surface area (Å²) in [5.41, 5.74) is 0.538. The third kappa shape index (κ3) is 7.87. The number of ether oxygens (including phenoxy) is 2. The topological polar surface area (TPSA) is 64.4 Å². The van der Waals surface area contributed by atoms with Crippen LogP contribution in [0, 0.1) is 0 Å². The van der Waals surface area contributed by atoms with Gasteiger partial charge in [0.1, 0.15) is 5.75 Å². The molecule has 6 nitrogen and oxygen atoms in total. The summed E-state index contributed by atoms with van der Waals surface area (Å²) in [6.07, 6.45) is 2.08. The molecule has 0 spiro atoms. The van der Waals surface area contributed by atoms with Gasteiger partial charge in [0.05, 0.1) is 39.4 Å². The van der Waals surface area contributed by atoms with Crippen LogP contribution in [0.4, 0.5) is 0 Å². The van der Waals surface area contributed by atoms with E-state index in [1.165, 1.54) is 0 Å². The van der Waals surface area contributed by atoms with Gasteiger partial charge < -0.3 is 14.4 Å². The molecule has 1 atom stereocenters. The van der Waals surface area contributed by atoms with Crippen molar-refractivity contribution >= 4 is 11.9 Å². The van der Waals surface area contributed by atoms with Gasteiger partial charge in [-0.3, -0.25) is 10.1 Å². The first-order valence-electron chi connectivity index (χ1n) is 9.53. The molecule has 1 aromatic rings. The molecule has 0 unspecified atom stereocenters. The summed E-state index contributed by atoms with van der Waals surface area (Å²) in [7, 11) is 1.60. The van der Waals surface area contributed by atoms with Crippen molar-refractivity contribution < 1.29 is 19.2 Å². The molecule has 0 bridgehead atoms. The molecule has 0 radical (unpaired) electrons. The Balaban J connectivity index is 2.61. The van der Waals surface area contributed by atoms with Gasteiger partial charge in [0, 0.05) is 5.56 Å². The van der Waals surface area contributed by atoms with Crippen molar-refractivity contribution in [2.45, 2.75) is 46.6 Å². The minimum absolute atomic E-state index is 0.0997. The number of amides is 1. The van der Waals surface area contributed by atoms with Gasteiger partial charge >= 0.3 is 0 Å². The zero-order chi connectivity index (χ0) is 19.4. The van der Waals surface area contributed by atoms with E-state index < -0.39 is 0 Å². The number of carbonyl (C=O) groups is 1. The maximum atomic E-state index is 12.4. The van der Waals surface area contributed by atoms with E-state index in [-0.39, 0.29) is 18.0 Å². The minimum atomic E-state index is -0.236. The molecule has 1 aromatic carbocycles. The highest BCUT2D eigenvalue weighted by Crippen LogP contribution is 2.11. The molecule has 0 aromatic heterocycles. The Morgan fingerprint density at radius 2 is 1.85 bits per heavy atom. The number of carbonyl (C=O) groups excluding carboxylic acids is 1. The van der Waals surface area contributed by atoms with Gasteiger partial charge in [-0.2, -0.15) is 0 Å². The SMILES string of the molecule is CCOC(=N[C@@H](C)CCC[NH+](CC)CC)NC(=O)c1ccc(OC)cc1. The van der Waals surface area contributed by atoms with Crippen LogP contribution >= 0.6 is 0 Å². The average Bonchev–Trinajstić information content (AvgIpc) is 2.65. The molecule has 0 aliphatic heterocycles. The smallest absolute Gasteiger partial charge is 0.291 e. The number of benzene rings is 1. The van der Waals surface area contributed by atoms with Crippen molar-refractivity contribution in [3.8, 4) is 5.75 Å². The summed E-state index contributed by atoms with van der Waals surface area (Å²) >= 11 is 0. The van der Waals surface area contributed by atoms with Crippen LogP contribution in [-0.4, -0.2) is 51.3 Å². The molecule has 26 heavy (non-hydrogen) atoms. The first kappa shape index (κ1) is 22.0. The van der Waals surface area contributed by atoms with E-state index in [9.17, 15) is 4.79 Å². The average molecular weight is 365 g/mol. The molecule has 0 heterocycles. The molecule has 1 amide bonds. The Bertz CT molecular complexity index is 554. The summed E-state index contributed by atoms with van der Waals surface area (Å²) in [6, 6.07) is 7.33. The largest absolute Gasteiger partial charge is 0.497 e. The van der Waals surface area contributed by atoms with Crippen molar-refractivity contribution in [1.29, 1.82) is 0 Å². The van der Waals surface area contributed by atoms with Crippen molar-refractivity contribution in [3.63, 3.8) is 0 Å². The fourth-order valence-electron chi connectivity index (χ4n) is 2.67. The summed E-state index contributed by atoms with van der Waals surface area (Å²) in [5.74, 6) is 0.476. The fourth-order valence-corrected chi connectivity index (χ4v) is 2.67. The number of quaternary nitrogens is 1. The lowest BCUT2D eigenvalue weighted by Crippen LogP contribution is -3.11. The summed E-state index contributed by atoms with van der Waals surface area (Å²) in [4.78, 5) is 18.5. The number of amidine groups is 1. The highest BCUT2D eigenvalue weighted by molar-refractivity contribution is 6.04. The highest BCUT2D eigenvalue weighted by atomic mass is 16.5. The fraction of sp³-hybridized carbons (Fsp3) is 0.600. The van der Waals surface area contributed by atoms with Crippen molar-refractivity contribution in [2.75, 3.05) is 33.4 Å². The van der Waals surface area contributed by atoms with Gasteiger partial charge in [-0.25, -0.2) is 4.99 Å². The van der Waals surface area contributed by atoms with Gasteiger partial charge in [-0.1, -0.05) is 0 Å². The van der Waals surface area contributed by atoms with Crippen molar-refractivity contribution in [3.05, 3.63) is 29.8 Å². The number of aliphatic imine (C=N–C) groups is 1. The number of hydrogen-bond donors (Lipinski definition) is 2. The monoisotopic (exact) mass is 364 g/mol. The lowest BCUT2D eigenvalue weighted by molar-refractivity contribution is -0.896. The van der Waals surface area contributed by atoms with Crippen molar-refractivity contribution in [1.82, 2.24) is 5.32 Å². The molecular weight excluding hydrogens is 330 g/mol. The van der Waals surface area contributed by atoms with E-state index in [2.05, 4.69) is 31.1 Å². The van der Waals surface area contributed by atoms with Gasteiger partial charge in [-0.05, 0) is 64.8 Å². The van der Waals surface area contributed by atoms with Crippen LogP contribution < -0.4 is 15.0 Å². The van der Waals surface area contributed by atoms with E-state index in [1.54, 1.807) is 36.3 Å². The second-order valence-corrected chi connectivity index (χ2v) is 6.25. The molecule has 0 saturated heterocycles. The number of hydrogen-bond acceptors (Lipinski definition) is 4. The maximum absolute atomic E-state index is 12.4. The van der Waals surface area contributed by atoms with Crippen molar-refractivity contribution in [2.24, 2.45) is 4.99 Å². The number of nitrogens with one attached hydrogen (secondary N) is 2. The number of nitrogens with zero attached hydrogens (tertiary/aromatic N) is 1. The van der Waals surface area contributed by atoms with Crippen LogP contribution in [0.2, 0.25) is 0 Å². The second kappa shape index (κ2) is 12.3. The van der Waals surface area contributed by atoms with E-state index in [4.69, 9.17) is 9.47 Å². The molecule has 2 N–H and O–H groups in total. The standard InChI is InChI=1S/C20H33N3O3/c1-6-23(7-2)15-9-10-16(4)21-20(26-8-3)22-19(24)17-11-13-18(25-5)14-12-17/h11-14,16H,6-10,15H2,1-5H3,(H,21,22,24)/p+1/t16-/m0/s1. The predicted molar refractivity (Wildman–Crippen MR) is 105 cm³/mol. The van der Waals surface area contributed by atoms with Crippen LogP contribution in [0.1, 0.15) is 50.9 Å². The van der Waals surface area contributed by atoms with E-state index in [0.29, 0.717) is 17.9 Å². The molecule has 0 fully saturated rings. The summed E-state index contributed by atoms with van der Waals surface area (Å²) in [5, 5.41) is 2.77. The number of rotatable bonds is 10.